The van der Waals surface area contributed by atoms with Crippen LogP contribution in [0.25, 0.3) is 10.9 Å². The Kier molecular flexibility index (Phi) is 3.94. The molecule has 1 aliphatic heterocycles. The number of benzene rings is 1. The molecule has 1 aromatic heterocycles. The molecule has 5 nitrogen and oxygen atoms in total. The monoisotopic (exact) mass is 296 g/mol. The largest absolute Gasteiger partial charge is 0.426 e. The van der Waals surface area contributed by atoms with E-state index < -0.39 is 8.60 Å². The maximum atomic E-state index is 9.10. The molecule has 0 radical (unpaired) electrons. The number of aromatic nitrogens is 1. The average Bonchev–Trinajstić information content (AvgIpc) is 2.98. The molecule has 0 saturated carbocycles. The van der Waals surface area contributed by atoms with Gasteiger partial charge in [0.25, 0.3) is 0 Å². The number of hydrogen-bond donors (Lipinski definition) is 3. The molecule has 3 rings (SSSR count). The highest BCUT2D eigenvalue weighted by Gasteiger charge is 2.23. The lowest BCUT2D eigenvalue weighted by Crippen LogP contribution is -2.26. The Labute approximate surface area is 120 Å². The van der Waals surface area contributed by atoms with Crippen molar-refractivity contribution in [3.05, 3.63) is 30.0 Å². The molecule has 110 valence electrons. The summed E-state index contributed by atoms with van der Waals surface area (Å²) in [7, 11) is -0.234. The van der Waals surface area contributed by atoms with Crippen molar-refractivity contribution < 1.29 is 15.7 Å². The van der Waals surface area contributed by atoms with Crippen molar-refractivity contribution in [1.29, 1.82) is 0 Å². The van der Waals surface area contributed by atoms with Crippen molar-refractivity contribution in [1.82, 2.24) is 9.88 Å². The van der Waals surface area contributed by atoms with Gasteiger partial charge in [0.15, 0.2) is 0 Å². The van der Waals surface area contributed by atoms with Crippen LogP contribution in [-0.2, 0) is 6.42 Å². The summed E-state index contributed by atoms with van der Waals surface area (Å²) in [4.78, 5) is 23.8. The van der Waals surface area contributed by atoms with Gasteiger partial charge in [-0.25, -0.2) is 0 Å². The van der Waals surface area contributed by atoms with Crippen LogP contribution in [-0.4, -0.2) is 39.3 Å². The summed E-state index contributed by atoms with van der Waals surface area (Å²) >= 11 is 0. The Hall–Kier alpha value is -1.13. The van der Waals surface area contributed by atoms with Gasteiger partial charge in [0, 0.05) is 24.6 Å². The van der Waals surface area contributed by atoms with E-state index in [0.29, 0.717) is 11.8 Å². The Balaban J connectivity index is 0.00000161. The van der Waals surface area contributed by atoms with Gasteiger partial charge in [0.05, 0.1) is 0 Å². The Bertz CT molecular complexity index is 605. The molecule has 0 aliphatic carbocycles. The van der Waals surface area contributed by atoms with Gasteiger partial charge < -0.3 is 24.2 Å². The van der Waals surface area contributed by atoms with E-state index in [1.54, 1.807) is 6.07 Å². The third-order valence-electron chi connectivity index (χ3n) is 4.06. The zero-order chi connectivity index (χ0) is 14.1. The van der Waals surface area contributed by atoms with E-state index in [-0.39, 0.29) is 1.43 Å². The van der Waals surface area contributed by atoms with Crippen LogP contribution in [0.5, 0.6) is 5.75 Å². The molecule has 20 heavy (non-hydrogen) atoms. The highest BCUT2D eigenvalue weighted by Crippen LogP contribution is 2.37. The van der Waals surface area contributed by atoms with Gasteiger partial charge in [0.2, 0.25) is 0 Å². The summed E-state index contributed by atoms with van der Waals surface area (Å²) in [6.07, 6.45) is 5.40. The average molecular weight is 296 g/mol. The first-order valence-electron chi connectivity index (χ1n) is 6.80. The van der Waals surface area contributed by atoms with Crippen molar-refractivity contribution >= 4 is 19.5 Å². The molecule has 1 saturated heterocycles. The molecule has 1 unspecified atom stereocenters. The fraction of sp³-hybridized carbons (Fsp3) is 0.429. The summed E-state index contributed by atoms with van der Waals surface area (Å²) in [5.74, 6) is 0.538. The minimum Gasteiger partial charge on any atom is -0.426 e. The van der Waals surface area contributed by atoms with Crippen molar-refractivity contribution in [2.24, 2.45) is 0 Å². The normalized spacial score (nSPS) is 20.1. The van der Waals surface area contributed by atoms with Crippen LogP contribution in [0.4, 0.5) is 0 Å². The fourth-order valence-corrected chi connectivity index (χ4v) is 3.36. The number of nitrogens with zero attached hydrogens (tertiary/aromatic N) is 1. The van der Waals surface area contributed by atoms with Crippen molar-refractivity contribution in [2.45, 2.75) is 25.3 Å². The number of likely N-dealkylation sites (N-methyl/N-ethyl adjacent to an activating group) is 1. The quantitative estimate of drug-likeness (QED) is 0.759. The molecule has 1 aromatic carbocycles. The smallest absolute Gasteiger partial charge is 0.391 e. The van der Waals surface area contributed by atoms with Crippen LogP contribution >= 0.6 is 8.60 Å². The van der Waals surface area contributed by atoms with Crippen LogP contribution in [0, 0.1) is 0 Å². The summed E-state index contributed by atoms with van der Waals surface area (Å²) in [6.45, 7) is 1.15. The fourth-order valence-electron chi connectivity index (χ4n) is 3.04. The van der Waals surface area contributed by atoms with Crippen molar-refractivity contribution in [2.75, 3.05) is 13.6 Å². The third-order valence-corrected chi connectivity index (χ3v) is 4.42. The van der Waals surface area contributed by atoms with Crippen LogP contribution in [0.1, 0.15) is 19.8 Å². The van der Waals surface area contributed by atoms with Crippen LogP contribution < -0.4 is 4.52 Å². The first-order valence-corrected chi connectivity index (χ1v) is 7.96. The van der Waals surface area contributed by atoms with E-state index in [4.69, 9.17) is 14.3 Å². The maximum Gasteiger partial charge on any atom is 0.391 e. The van der Waals surface area contributed by atoms with Gasteiger partial charge in [-0.3, -0.25) is 0 Å². The summed E-state index contributed by atoms with van der Waals surface area (Å²) in [5, 5.41) is 0.961. The predicted molar refractivity (Wildman–Crippen MR) is 81.8 cm³/mol. The van der Waals surface area contributed by atoms with E-state index in [9.17, 15) is 0 Å². The van der Waals surface area contributed by atoms with Crippen LogP contribution in [0.15, 0.2) is 24.4 Å². The number of likely N-dealkylation sites (tertiary alicyclic amines) is 1. The summed E-state index contributed by atoms with van der Waals surface area (Å²) < 4.78 is 5.16. The minimum absolute atomic E-state index is 0. The number of H-pyrrole nitrogens is 1. The Morgan fingerprint density at radius 1 is 1.50 bits per heavy atom. The van der Waals surface area contributed by atoms with Crippen molar-refractivity contribution in [3.8, 4) is 5.75 Å². The molecular weight excluding hydrogens is 275 g/mol. The van der Waals surface area contributed by atoms with Gasteiger partial charge in [0.1, 0.15) is 5.75 Å². The molecule has 0 amide bonds. The lowest BCUT2D eigenvalue weighted by Gasteiger charge is -2.19. The highest BCUT2D eigenvalue weighted by molar-refractivity contribution is 7.39. The van der Waals surface area contributed by atoms with Gasteiger partial charge in [-0.1, -0.05) is 6.07 Å². The van der Waals surface area contributed by atoms with Crippen LogP contribution in [0.3, 0.4) is 0 Å². The summed E-state index contributed by atoms with van der Waals surface area (Å²) in [5.41, 5.74) is 2.14. The molecule has 6 heteroatoms. The van der Waals surface area contributed by atoms with Gasteiger partial charge in [-0.05, 0) is 50.6 Å². The lowest BCUT2D eigenvalue weighted by molar-refractivity contribution is 0.309. The Morgan fingerprint density at radius 2 is 2.35 bits per heavy atom. The molecule has 0 spiro atoms. The molecule has 1 atom stereocenters. The molecule has 1 fully saturated rings. The standard InChI is InChI=1S/C14H19N2O3P.H2/c1-16-7-3-4-11(16)8-10-9-15-12-5-2-6-13(14(10)12)19-20(17)18;/h2,5-6,9,11,15,17-18H,3-4,7-8H2,1H3;1H. The first kappa shape index (κ1) is 13.8. The second-order valence-electron chi connectivity index (χ2n) is 5.32. The zero-order valence-corrected chi connectivity index (χ0v) is 12.3. The maximum absolute atomic E-state index is 9.10. The molecule has 2 heterocycles. The number of fused-ring (bicyclic) bond motifs is 1. The van der Waals surface area contributed by atoms with Crippen LogP contribution in [0.2, 0.25) is 0 Å². The van der Waals surface area contributed by atoms with Gasteiger partial charge in [-0.15, -0.1) is 0 Å². The van der Waals surface area contributed by atoms with E-state index in [1.165, 1.54) is 18.4 Å². The minimum atomic E-state index is -2.39. The highest BCUT2D eigenvalue weighted by atomic mass is 31.2. The topological polar surface area (TPSA) is 68.7 Å². The summed E-state index contributed by atoms with van der Waals surface area (Å²) in [6, 6.07) is 6.14. The van der Waals surface area contributed by atoms with Crippen molar-refractivity contribution in [3.63, 3.8) is 0 Å². The van der Waals surface area contributed by atoms with Gasteiger partial charge >= 0.3 is 8.60 Å². The molecule has 1 aliphatic rings. The molecule has 2 aromatic rings. The number of aromatic amines is 1. The van der Waals surface area contributed by atoms with E-state index in [0.717, 1.165) is 23.9 Å². The second-order valence-corrected chi connectivity index (χ2v) is 6.01. The van der Waals surface area contributed by atoms with E-state index in [1.807, 2.05) is 18.3 Å². The Morgan fingerprint density at radius 3 is 3.05 bits per heavy atom. The third kappa shape index (κ3) is 2.67. The van der Waals surface area contributed by atoms with E-state index >= 15 is 0 Å². The first-order chi connectivity index (χ1) is 9.65. The lowest BCUT2D eigenvalue weighted by atomic mass is 10.0. The molecule has 0 bridgehead atoms. The molecular formula is C14H21N2O3P. The zero-order valence-electron chi connectivity index (χ0n) is 11.4. The second kappa shape index (κ2) is 5.70. The molecule has 3 N–H and O–H groups in total. The van der Waals surface area contributed by atoms with Gasteiger partial charge in [-0.2, -0.15) is 0 Å². The SMILES string of the molecule is CN1CCCC1Cc1c[nH]c2cccc(OP(O)O)c12.[HH]. The van der Waals surface area contributed by atoms with E-state index in [2.05, 4.69) is 16.9 Å². The number of rotatable bonds is 4. The number of nitrogens with one attached hydrogen (secondary N) is 1. The number of hydrogen-bond acceptors (Lipinski definition) is 4. The predicted octanol–water partition coefficient (Wildman–Crippen LogP) is 2.64.